The van der Waals surface area contributed by atoms with Gasteiger partial charge in [-0.3, -0.25) is 4.98 Å². The van der Waals surface area contributed by atoms with Crippen LogP contribution in [0.2, 0.25) is 5.02 Å². The molecule has 1 aromatic carbocycles. The molecule has 0 saturated carbocycles. The van der Waals surface area contributed by atoms with Crippen molar-refractivity contribution in [1.82, 2.24) is 4.98 Å². The highest BCUT2D eigenvalue weighted by Gasteiger charge is 2.42. The van der Waals surface area contributed by atoms with Crippen molar-refractivity contribution in [2.45, 2.75) is 18.5 Å². The SMILES string of the molecule is N#Cc1cnc2ccc(Cl)cc2c1N1CCC(F)(C(=O)O)CC1. The number of piperidine rings is 1. The van der Waals surface area contributed by atoms with Crippen LogP contribution in [0.4, 0.5) is 10.1 Å². The minimum atomic E-state index is -2.20. The molecule has 1 N–H and O–H groups in total. The number of alkyl halides is 1. The maximum absolute atomic E-state index is 14.2. The summed E-state index contributed by atoms with van der Waals surface area (Å²) >= 11 is 6.05. The first-order chi connectivity index (χ1) is 10.9. The predicted octanol–water partition coefficient (Wildman–Crippen LogP) is 3.15. The predicted molar refractivity (Wildman–Crippen MR) is 84.4 cm³/mol. The molecule has 1 aliphatic heterocycles. The second-order valence-corrected chi connectivity index (χ2v) is 5.99. The lowest BCUT2D eigenvalue weighted by Gasteiger charge is -2.36. The maximum atomic E-state index is 14.2. The number of nitrogens with zero attached hydrogens (tertiary/aromatic N) is 3. The summed E-state index contributed by atoms with van der Waals surface area (Å²) in [7, 11) is 0. The molecule has 0 bridgehead atoms. The van der Waals surface area contributed by atoms with Crippen molar-refractivity contribution in [2.24, 2.45) is 0 Å². The fourth-order valence-corrected chi connectivity index (χ4v) is 3.04. The van der Waals surface area contributed by atoms with Gasteiger partial charge in [-0.05, 0) is 18.2 Å². The molecule has 0 spiro atoms. The largest absolute Gasteiger partial charge is 0.479 e. The van der Waals surface area contributed by atoms with E-state index in [4.69, 9.17) is 16.7 Å². The van der Waals surface area contributed by atoms with Gasteiger partial charge in [0.15, 0.2) is 0 Å². The standard InChI is InChI=1S/C16H13ClFN3O2/c17-11-1-2-13-12(7-11)14(10(8-19)9-20-13)21-5-3-16(18,4-6-21)15(22)23/h1-2,7,9H,3-6H2,(H,22,23). The molecular weight excluding hydrogens is 321 g/mol. The Hall–Kier alpha value is -2.39. The Morgan fingerprint density at radius 2 is 2.13 bits per heavy atom. The zero-order chi connectivity index (χ0) is 16.6. The molecule has 0 radical (unpaired) electrons. The molecule has 5 nitrogen and oxygen atoms in total. The molecule has 2 aromatic rings. The van der Waals surface area contributed by atoms with Gasteiger partial charge in [0.1, 0.15) is 6.07 Å². The molecular formula is C16H13ClFN3O2. The monoisotopic (exact) mass is 333 g/mol. The first kappa shape index (κ1) is 15.5. The second kappa shape index (κ2) is 5.67. The molecule has 1 aromatic heterocycles. The van der Waals surface area contributed by atoms with Crippen LogP contribution in [-0.2, 0) is 4.79 Å². The molecule has 1 fully saturated rings. The van der Waals surface area contributed by atoms with Crippen LogP contribution >= 0.6 is 11.6 Å². The third-order valence-electron chi connectivity index (χ3n) is 4.18. The number of carbonyl (C=O) groups is 1. The van der Waals surface area contributed by atoms with Crippen molar-refractivity contribution >= 4 is 34.2 Å². The van der Waals surface area contributed by atoms with Gasteiger partial charge >= 0.3 is 5.97 Å². The van der Waals surface area contributed by atoms with Crippen molar-refractivity contribution in [3.05, 3.63) is 35.0 Å². The average molecular weight is 334 g/mol. The number of aromatic nitrogens is 1. The number of carboxylic acid groups (broad SMARTS) is 1. The van der Waals surface area contributed by atoms with E-state index < -0.39 is 11.6 Å². The van der Waals surface area contributed by atoms with Crippen LogP contribution in [0.15, 0.2) is 24.4 Å². The highest BCUT2D eigenvalue weighted by atomic mass is 35.5. The summed E-state index contributed by atoms with van der Waals surface area (Å²) in [6.07, 6.45) is 1.22. The zero-order valence-electron chi connectivity index (χ0n) is 12.1. The van der Waals surface area contributed by atoms with E-state index in [1.54, 1.807) is 18.2 Å². The molecule has 0 aliphatic carbocycles. The summed E-state index contributed by atoms with van der Waals surface area (Å²) in [5.74, 6) is -1.43. The molecule has 2 heterocycles. The summed E-state index contributed by atoms with van der Waals surface area (Å²) in [6, 6.07) is 7.27. The van der Waals surface area contributed by atoms with Crippen molar-refractivity contribution in [3.8, 4) is 6.07 Å². The minimum absolute atomic E-state index is 0.127. The number of aliphatic carboxylic acids is 1. The normalized spacial score (nSPS) is 17.0. The van der Waals surface area contributed by atoms with Crippen LogP contribution < -0.4 is 4.90 Å². The zero-order valence-corrected chi connectivity index (χ0v) is 12.8. The summed E-state index contributed by atoms with van der Waals surface area (Å²) in [6.45, 7) is 0.423. The molecule has 0 atom stereocenters. The van der Waals surface area contributed by atoms with Gasteiger partial charge < -0.3 is 10.0 Å². The topological polar surface area (TPSA) is 77.2 Å². The van der Waals surface area contributed by atoms with Crippen molar-refractivity contribution in [2.75, 3.05) is 18.0 Å². The lowest BCUT2D eigenvalue weighted by atomic mass is 9.92. The second-order valence-electron chi connectivity index (χ2n) is 5.55. The minimum Gasteiger partial charge on any atom is -0.479 e. The van der Waals surface area contributed by atoms with Crippen LogP contribution in [0.1, 0.15) is 18.4 Å². The Labute approximate surface area is 136 Å². The number of hydrogen-bond donors (Lipinski definition) is 1. The van der Waals surface area contributed by atoms with Crippen molar-refractivity contribution < 1.29 is 14.3 Å². The van der Waals surface area contributed by atoms with Gasteiger partial charge in [0.25, 0.3) is 0 Å². The summed E-state index contributed by atoms with van der Waals surface area (Å²) in [4.78, 5) is 17.1. The van der Waals surface area contributed by atoms with E-state index >= 15 is 0 Å². The van der Waals surface area contributed by atoms with Gasteiger partial charge in [0.2, 0.25) is 5.67 Å². The Kier molecular flexibility index (Phi) is 3.82. The number of pyridine rings is 1. The number of anilines is 1. The number of hydrogen-bond acceptors (Lipinski definition) is 4. The Balaban J connectivity index is 2.05. The summed E-state index contributed by atoms with van der Waals surface area (Å²) in [5.41, 5.74) is -0.531. The van der Waals surface area contributed by atoms with Crippen LogP contribution in [0, 0.1) is 11.3 Å². The number of rotatable bonds is 2. The number of halogens is 2. The van der Waals surface area contributed by atoms with E-state index in [2.05, 4.69) is 11.1 Å². The average Bonchev–Trinajstić information content (AvgIpc) is 2.54. The highest BCUT2D eigenvalue weighted by molar-refractivity contribution is 6.31. The van der Waals surface area contributed by atoms with Gasteiger partial charge in [-0.25, -0.2) is 9.18 Å². The molecule has 23 heavy (non-hydrogen) atoms. The third kappa shape index (κ3) is 2.68. The van der Waals surface area contributed by atoms with Crippen LogP contribution in [-0.4, -0.2) is 34.8 Å². The van der Waals surface area contributed by atoms with E-state index in [9.17, 15) is 14.4 Å². The van der Waals surface area contributed by atoms with Crippen LogP contribution in [0.3, 0.4) is 0 Å². The smallest absolute Gasteiger partial charge is 0.341 e. The Morgan fingerprint density at radius 3 is 2.74 bits per heavy atom. The quantitative estimate of drug-likeness (QED) is 0.913. The summed E-state index contributed by atoms with van der Waals surface area (Å²) < 4.78 is 14.2. The fraction of sp³-hybridized carbons (Fsp3) is 0.312. The summed E-state index contributed by atoms with van der Waals surface area (Å²) in [5, 5.41) is 19.6. The van der Waals surface area contributed by atoms with E-state index in [0.717, 1.165) is 0 Å². The molecule has 118 valence electrons. The van der Waals surface area contributed by atoms with Gasteiger partial charge in [0, 0.05) is 42.5 Å². The van der Waals surface area contributed by atoms with Gasteiger partial charge in [-0.15, -0.1) is 0 Å². The first-order valence-electron chi connectivity index (χ1n) is 7.10. The lowest BCUT2D eigenvalue weighted by Crippen LogP contribution is -2.46. The Bertz CT molecular complexity index is 826. The van der Waals surface area contributed by atoms with Gasteiger partial charge in [-0.2, -0.15) is 5.26 Å². The number of benzene rings is 1. The van der Waals surface area contributed by atoms with Crippen molar-refractivity contribution in [3.63, 3.8) is 0 Å². The van der Waals surface area contributed by atoms with Crippen LogP contribution in [0.5, 0.6) is 0 Å². The van der Waals surface area contributed by atoms with E-state index in [1.165, 1.54) is 6.20 Å². The first-order valence-corrected chi connectivity index (χ1v) is 7.48. The van der Waals surface area contributed by atoms with Crippen LogP contribution in [0.25, 0.3) is 10.9 Å². The van der Waals surface area contributed by atoms with E-state index in [0.29, 0.717) is 27.2 Å². The molecule has 0 unspecified atom stereocenters. The number of nitriles is 1. The molecule has 1 aliphatic rings. The van der Waals surface area contributed by atoms with E-state index in [1.807, 2.05) is 4.90 Å². The maximum Gasteiger partial charge on any atom is 0.341 e. The molecule has 7 heteroatoms. The third-order valence-corrected chi connectivity index (χ3v) is 4.41. The fourth-order valence-electron chi connectivity index (χ4n) is 2.87. The molecule has 0 amide bonds. The Morgan fingerprint density at radius 1 is 1.43 bits per heavy atom. The van der Waals surface area contributed by atoms with Gasteiger partial charge in [0.05, 0.1) is 16.8 Å². The number of fused-ring (bicyclic) bond motifs is 1. The molecule has 3 rings (SSSR count). The number of carboxylic acids is 1. The lowest BCUT2D eigenvalue weighted by molar-refractivity contribution is -0.152. The highest BCUT2D eigenvalue weighted by Crippen LogP contribution is 2.35. The van der Waals surface area contributed by atoms with Crippen molar-refractivity contribution in [1.29, 1.82) is 5.26 Å². The van der Waals surface area contributed by atoms with Gasteiger partial charge in [-0.1, -0.05) is 11.6 Å². The molecule has 1 saturated heterocycles. The van der Waals surface area contributed by atoms with E-state index in [-0.39, 0.29) is 25.9 Å².